The third-order valence-electron chi connectivity index (χ3n) is 14.8. The molecule has 0 bridgehead atoms. The van der Waals surface area contributed by atoms with Crippen LogP contribution in [0.3, 0.4) is 0 Å². The van der Waals surface area contributed by atoms with Crippen LogP contribution in [0.1, 0.15) is 335 Å². The van der Waals surface area contributed by atoms with E-state index in [0.717, 1.165) is 103 Å². The molecule has 0 N–H and O–H groups in total. The van der Waals surface area contributed by atoms with Crippen LogP contribution in [0, 0.1) is 0 Å². The molecule has 1 atom stereocenters. The van der Waals surface area contributed by atoms with E-state index in [1.807, 2.05) is 0 Å². The lowest BCUT2D eigenvalue weighted by Crippen LogP contribution is -2.30. The average Bonchev–Trinajstić information content (AvgIpc) is 3.46. The van der Waals surface area contributed by atoms with E-state index < -0.39 is 6.10 Å². The molecule has 0 amide bonds. The van der Waals surface area contributed by atoms with Crippen molar-refractivity contribution < 1.29 is 28.6 Å². The molecule has 0 saturated heterocycles. The predicted molar refractivity (Wildman–Crippen MR) is 348 cm³/mol. The van der Waals surface area contributed by atoms with Crippen LogP contribution in [0.4, 0.5) is 0 Å². The molecule has 1 unspecified atom stereocenters. The van der Waals surface area contributed by atoms with Gasteiger partial charge in [-0.05, 0) is 122 Å². The van der Waals surface area contributed by atoms with E-state index >= 15 is 0 Å². The van der Waals surface area contributed by atoms with Crippen molar-refractivity contribution in [3.8, 4) is 0 Å². The zero-order chi connectivity index (χ0) is 57.8. The highest BCUT2D eigenvalue weighted by Crippen LogP contribution is 2.17. The van der Waals surface area contributed by atoms with Crippen LogP contribution in [0.15, 0.2) is 97.2 Å². The van der Waals surface area contributed by atoms with E-state index in [4.69, 9.17) is 14.2 Å². The first-order valence-electron chi connectivity index (χ1n) is 34.2. The summed E-state index contributed by atoms with van der Waals surface area (Å²) in [7, 11) is 0. The van der Waals surface area contributed by atoms with Crippen LogP contribution >= 0.6 is 0 Å². The Morgan fingerprint density at radius 2 is 0.487 bits per heavy atom. The standard InChI is InChI=1S/C74H128O6/c1-4-7-10-13-16-19-22-25-27-29-31-33-34-35-36-37-38-39-40-42-43-45-47-49-52-55-58-61-64-67-73(76)79-70-71(69-78-72(75)66-63-60-57-54-51-24-21-18-15-12-9-6-3)80-74(77)68-65-62-59-56-53-50-48-46-44-41-32-30-28-26-23-20-17-14-11-8-5-2/h7,10,16,18-19,21,25,27,30-33,35-36,38-39,71H,4-6,8-9,11-15,17,20,22-24,26,28-29,34,37,40-70H2,1-3H3/b10-7-,19-16-,21-18-,27-25-,32-30-,33-31-,36-35-,39-38-. The molecule has 0 aromatic heterocycles. The molecule has 0 aliphatic rings. The molecule has 0 rings (SSSR count). The van der Waals surface area contributed by atoms with E-state index in [1.54, 1.807) is 0 Å². The fraction of sp³-hybridized carbons (Fsp3) is 0.743. The predicted octanol–water partition coefficient (Wildman–Crippen LogP) is 23.6. The lowest BCUT2D eigenvalue weighted by atomic mass is 10.0. The monoisotopic (exact) mass is 1110 g/mol. The minimum absolute atomic E-state index is 0.0815. The maximum absolute atomic E-state index is 12.9. The number of hydrogen-bond donors (Lipinski definition) is 0. The maximum Gasteiger partial charge on any atom is 0.306 e. The van der Waals surface area contributed by atoms with Gasteiger partial charge in [-0.2, -0.15) is 0 Å². The fourth-order valence-electron chi connectivity index (χ4n) is 9.67. The molecule has 0 heterocycles. The molecule has 0 aliphatic heterocycles. The van der Waals surface area contributed by atoms with Crippen LogP contribution in [-0.2, 0) is 28.6 Å². The first kappa shape index (κ1) is 76.3. The summed E-state index contributed by atoms with van der Waals surface area (Å²) in [5, 5.41) is 0. The molecule has 0 aromatic carbocycles. The molecule has 0 radical (unpaired) electrons. The molecule has 6 heteroatoms. The minimum Gasteiger partial charge on any atom is -0.462 e. The zero-order valence-corrected chi connectivity index (χ0v) is 52.8. The molecule has 6 nitrogen and oxygen atoms in total. The summed E-state index contributed by atoms with van der Waals surface area (Å²) < 4.78 is 16.9. The number of esters is 3. The van der Waals surface area contributed by atoms with Gasteiger partial charge in [-0.15, -0.1) is 0 Å². The number of carbonyl (C=O) groups excluding carboxylic acids is 3. The summed E-state index contributed by atoms with van der Waals surface area (Å²) in [6.45, 7) is 6.52. The maximum atomic E-state index is 12.9. The molecule has 0 spiro atoms. The number of allylic oxidation sites excluding steroid dienone is 16. The van der Waals surface area contributed by atoms with Gasteiger partial charge in [-0.3, -0.25) is 14.4 Å². The zero-order valence-electron chi connectivity index (χ0n) is 52.8. The Bertz CT molecular complexity index is 1560. The Kier molecular flexibility index (Phi) is 64.7. The van der Waals surface area contributed by atoms with Gasteiger partial charge in [0.05, 0.1) is 0 Å². The van der Waals surface area contributed by atoms with Gasteiger partial charge in [-0.25, -0.2) is 0 Å². The topological polar surface area (TPSA) is 78.9 Å². The second-order valence-corrected chi connectivity index (χ2v) is 22.7. The van der Waals surface area contributed by atoms with Gasteiger partial charge in [0.15, 0.2) is 6.10 Å². The summed E-state index contributed by atoms with van der Waals surface area (Å²) in [6.07, 6.45) is 91.4. The molecule has 0 fully saturated rings. The highest BCUT2D eigenvalue weighted by molar-refractivity contribution is 5.71. The van der Waals surface area contributed by atoms with Crippen molar-refractivity contribution in [2.75, 3.05) is 13.2 Å². The number of ether oxygens (including phenoxy) is 3. The Labute approximate surface area is 496 Å². The average molecular weight is 1110 g/mol. The van der Waals surface area contributed by atoms with Gasteiger partial charge in [-0.1, -0.05) is 291 Å². The van der Waals surface area contributed by atoms with E-state index in [1.165, 1.54) is 193 Å². The molecule has 0 aromatic rings. The Morgan fingerprint density at radius 1 is 0.263 bits per heavy atom. The van der Waals surface area contributed by atoms with Crippen LogP contribution in [-0.4, -0.2) is 37.2 Å². The lowest BCUT2D eigenvalue weighted by molar-refractivity contribution is -0.167. The fourth-order valence-corrected chi connectivity index (χ4v) is 9.67. The molecule has 0 aliphatic carbocycles. The highest BCUT2D eigenvalue weighted by atomic mass is 16.6. The van der Waals surface area contributed by atoms with E-state index in [-0.39, 0.29) is 31.1 Å². The number of rotatable bonds is 62. The molecule has 80 heavy (non-hydrogen) atoms. The van der Waals surface area contributed by atoms with Crippen LogP contribution in [0.5, 0.6) is 0 Å². The normalized spacial score (nSPS) is 12.7. The van der Waals surface area contributed by atoms with Gasteiger partial charge in [0.1, 0.15) is 13.2 Å². The Hall–Kier alpha value is -3.67. The van der Waals surface area contributed by atoms with Crippen LogP contribution in [0.25, 0.3) is 0 Å². The first-order chi connectivity index (χ1) is 39.5. The van der Waals surface area contributed by atoms with E-state index in [0.29, 0.717) is 19.3 Å². The van der Waals surface area contributed by atoms with Gasteiger partial charge >= 0.3 is 17.9 Å². The number of carbonyl (C=O) groups is 3. The van der Waals surface area contributed by atoms with Gasteiger partial charge < -0.3 is 14.2 Å². The quantitative estimate of drug-likeness (QED) is 0.0261. The smallest absolute Gasteiger partial charge is 0.306 e. The van der Waals surface area contributed by atoms with Gasteiger partial charge in [0, 0.05) is 19.3 Å². The molecular weight excluding hydrogens is 985 g/mol. The van der Waals surface area contributed by atoms with E-state index in [2.05, 4.69) is 118 Å². The van der Waals surface area contributed by atoms with Crippen molar-refractivity contribution in [2.24, 2.45) is 0 Å². The largest absolute Gasteiger partial charge is 0.462 e. The van der Waals surface area contributed by atoms with Crippen molar-refractivity contribution in [2.45, 2.75) is 341 Å². The van der Waals surface area contributed by atoms with Crippen LogP contribution < -0.4 is 0 Å². The third-order valence-corrected chi connectivity index (χ3v) is 14.8. The second-order valence-electron chi connectivity index (χ2n) is 22.7. The summed E-state index contributed by atoms with van der Waals surface area (Å²) in [6, 6.07) is 0. The summed E-state index contributed by atoms with van der Waals surface area (Å²) >= 11 is 0. The van der Waals surface area contributed by atoms with Crippen molar-refractivity contribution in [1.82, 2.24) is 0 Å². The SMILES string of the molecule is CC/C=C\C/C=C\C/C=C\C/C=C\C/C=C\C/C=C\CCCCCCCCCCCCC(=O)OCC(COC(=O)CCCCCCC/C=C\CCCCC)OC(=O)CCCCCCCCCCC/C=C\CCCCCCCCCC. The second kappa shape index (κ2) is 67.8. The van der Waals surface area contributed by atoms with E-state index in [9.17, 15) is 14.4 Å². The van der Waals surface area contributed by atoms with Crippen LogP contribution in [0.2, 0.25) is 0 Å². The third kappa shape index (κ3) is 65.1. The van der Waals surface area contributed by atoms with Gasteiger partial charge in [0.2, 0.25) is 0 Å². The first-order valence-corrected chi connectivity index (χ1v) is 34.2. The molecular formula is C74H128O6. The minimum atomic E-state index is -0.785. The number of hydrogen-bond acceptors (Lipinski definition) is 6. The number of unbranched alkanes of at least 4 members (excludes halogenated alkanes) is 35. The summed E-state index contributed by atoms with van der Waals surface area (Å²) in [5.41, 5.74) is 0. The van der Waals surface area contributed by atoms with Gasteiger partial charge in [0.25, 0.3) is 0 Å². The molecule has 0 saturated carbocycles. The summed E-state index contributed by atoms with van der Waals surface area (Å²) in [5.74, 6) is -0.884. The Morgan fingerprint density at radius 3 is 0.800 bits per heavy atom. The highest BCUT2D eigenvalue weighted by Gasteiger charge is 2.19. The van der Waals surface area contributed by atoms with Crippen molar-refractivity contribution in [1.29, 1.82) is 0 Å². The van der Waals surface area contributed by atoms with Crippen molar-refractivity contribution >= 4 is 17.9 Å². The van der Waals surface area contributed by atoms with Crippen molar-refractivity contribution in [3.05, 3.63) is 97.2 Å². The van der Waals surface area contributed by atoms with Crippen molar-refractivity contribution in [3.63, 3.8) is 0 Å². The summed E-state index contributed by atoms with van der Waals surface area (Å²) in [4.78, 5) is 38.4. The lowest BCUT2D eigenvalue weighted by Gasteiger charge is -2.18. The Balaban J connectivity index is 4.27. The molecule has 460 valence electrons.